The second-order valence-corrected chi connectivity index (χ2v) is 14.2. The summed E-state index contributed by atoms with van der Waals surface area (Å²) in [6.45, 7) is 4.17. The fraction of sp³-hybridized carbons (Fsp3) is 0.927. The van der Waals surface area contributed by atoms with Crippen molar-refractivity contribution in [3.63, 3.8) is 0 Å². The van der Waals surface area contributed by atoms with Crippen LogP contribution >= 0.6 is 0 Å². The second-order valence-electron chi connectivity index (χ2n) is 14.2. The molecule has 0 spiro atoms. The summed E-state index contributed by atoms with van der Waals surface area (Å²) in [7, 11) is 0. The minimum absolute atomic E-state index is 0.147. The highest BCUT2D eigenvalue weighted by Gasteiger charge is 2.26. The molecule has 0 heterocycles. The van der Waals surface area contributed by atoms with E-state index < -0.39 is 18.2 Å². The van der Waals surface area contributed by atoms with Gasteiger partial charge in [-0.2, -0.15) is 0 Å². The molecule has 0 saturated carbocycles. The van der Waals surface area contributed by atoms with Crippen molar-refractivity contribution in [1.29, 1.82) is 0 Å². The summed E-state index contributed by atoms with van der Waals surface area (Å²) in [5, 5.41) is 33.5. The zero-order valence-corrected chi connectivity index (χ0v) is 31.0. The third kappa shape index (κ3) is 31.7. The van der Waals surface area contributed by atoms with Crippen molar-refractivity contribution in [2.45, 2.75) is 238 Å². The molecule has 3 atom stereocenters. The Morgan fingerprint density at radius 3 is 1.26 bits per heavy atom. The number of aliphatic hydroxyl groups excluding tert-OH is 3. The van der Waals surface area contributed by atoms with Crippen LogP contribution < -0.4 is 5.32 Å². The molecule has 0 fully saturated rings. The van der Waals surface area contributed by atoms with Gasteiger partial charge in [0.25, 0.3) is 0 Å². The summed E-state index contributed by atoms with van der Waals surface area (Å²) in [4.78, 5) is 12.4. The van der Waals surface area contributed by atoms with E-state index in [1.54, 1.807) is 0 Å². The molecular formula is C41H81NO4. The molecule has 4 N–H and O–H groups in total. The smallest absolute Gasteiger partial charge is 0.220 e. The molecule has 46 heavy (non-hydrogen) atoms. The Labute approximate surface area is 287 Å². The molecule has 0 rings (SSSR count). The standard InChI is InChI=1S/C41H81NO4/c1-3-5-7-9-11-13-15-17-19-20-22-23-25-27-29-31-33-35-39(44)41(46)38(37-43)42-40(45)36-34-32-30-28-26-24-21-18-16-14-12-10-8-6-4-2/h22-23,38-39,41,43-44,46H,3-21,24-37H2,1-2H3,(H,42,45)/b23-22+/t38-,39+,41-/m0/s1. The number of hydrogen-bond acceptors (Lipinski definition) is 4. The number of amides is 1. The third-order valence-corrected chi connectivity index (χ3v) is 9.62. The Bertz CT molecular complexity index is 640. The molecule has 5 heteroatoms. The second kappa shape index (κ2) is 36.9. The molecule has 0 aliphatic rings. The lowest BCUT2D eigenvalue weighted by molar-refractivity contribution is -0.124. The number of hydrogen-bond donors (Lipinski definition) is 4. The van der Waals surface area contributed by atoms with Crippen LogP contribution in [0.25, 0.3) is 0 Å². The average molecular weight is 652 g/mol. The molecule has 1 amide bonds. The summed E-state index contributed by atoms with van der Waals surface area (Å²) in [5.41, 5.74) is 0. The van der Waals surface area contributed by atoms with Crippen LogP contribution in [0.3, 0.4) is 0 Å². The molecule has 0 aromatic carbocycles. The van der Waals surface area contributed by atoms with Gasteiger partial charge in [0.05, 0.1) is 18.8 Å². The van der Waals surface area contributed by atoms with Crippen LogP contribution in [0.1, 0.15) is 219 Å². The van der Waals surface area contributed by atoms with Crippen molar-refractivity contribution >= 4 is 5.91 Å². The molecule has 0 aliphatic carbocycles. The Kier molecular flexibility index (Phi) is 36.2. The normalized spacial score (nSPS) is 13.8. The van der Waals surface area contributed by atoms with E-state index in [1.165, 1.54) is 141 Å². The molecule has 0 radical (unpaired) electrons. The first kappa shape index (κ1) is 45.1. The zero-order chi connectivity index (χ0) is 33.8. The maximum Gasteiger partial charge on any atom is 0.220 e. The maximum atomic E-state index is 12.4. The predicted molar refractivity (Wildman–Crippen MR) is 199 cm³/mol. The molecule has 0 bridgehead atoms. The average Bonchev–Trinajstić information content (AvgIpc) is 3.06. The zero-order valence-electron chi connectivity index (χ0n) is 31.0. The molecule has 0 unspecified atom stereocenters. The summed E-state index contributed by atoms with van der Waals surface area (Å²) in [5.74, 6) is -0.147. The van der Waals surface area contributed by atoms with E-state index in [1.807, 2.05) is 0 Å². The van der Waals surface area contributed by atoms with Crippen molar-refractivity contribution in [2.24, 2.45) is 0 Å². The molecule has 5 nitrogen and oxygen atoms in total. The van der Waals surface area contributed by atoms with Crippen LogP contribution in [0, 0.1) is 0 Å². The molecule has 0 aromatic heterocycles. The topological polar surface area (TPSA) is 89.8 Å². The molecule has 0 aliphatic heterocycles. The van der Waals surface area contributed by atoms with Crippen LogP contribution in [0.2, 0.25) is 0 Å². The van der Waals surface area contributed by atoms with E-state index in [9.17, 15) is 20.1 Å². The Morgan fingerprint density at radius 2 is 0.870 bits per heavy atom. The van der Waals surface area contributed by atoms with Crippen LogP contribution in [0.15, 0.2) is 12.2 Å². The minimum Gasteiger partial charge on any atom is -0.394 e. The van der Waals surface area contributed by atoms with E-state index >= 15 is 0 Å². The lowest BCUT2D eigenvalue weighted by Gasteiger charge is -2.26. The highest BCUT2D eigenvalue weighted by molar-refractivity contribution is 5.76. The fourth-order valence-electron chi connectivity index (χ4n) is 6.39. The van der Waals surface area contributed by atoms with Crippen molar-refractivity contribution in [3.05, 3.63) is 12.2 Å². The van der Waals surface area contributed by atoms with Gasteiger partial charge in [0, 0.05) is 6.42 Å². The van der Waals surface area contributed by atoms with Gasteiger partial charge in [-0.05, 0) is 38.5 Å². The Morgan fingerprint density at radius 1 is 0.522 bits per heavy atom. The van der Waals surface area contributed by atoms with Crippen LogP contribution in [0.4, 0.5) is 0 Å². The van der Waals surface area contributed by atoms with E-state index in [0.717, 1.165) is 51.4 Å². The van der Waals surface area contributed by atoms with Crippen LogP contribution in [0.5, 0.6) is 0 Å². The summed E-state index contributed by atoms with van der Waals surface area (Å²) in [6.07, 6.45) is 41.6. The van der Waals surface area contributed by atoms with Gasteiger partial charge in [-0.3, -0.25) is 4.79 Å². The number of carbonyl (C=O) groups excluding carboxylic acids is 1. The molecule has 0 saturated heterocycles. The molecule has 274 valence electrons. The SMILES string of the molecule is CCCCCCCCCCC/C=C/CCCCCC[C@@H](O)[C@@H](O)[C@H](CO)NC(=O)CCCCCCCCCCCCCCCCC. The Balaban J connectivity index is 3.66. The monoisotopic (exact) mass is 652 g/mol. The molecule has 0 aromatic rings. The quantitative estimate of drug-likeness (QED) is 0.0397. The van der Waals surface area contributed by atoms with E-state index in [0.29, 0.717) is 12.8 Å². The van der Waals surface area contributed by atoms with Crippen LogP contribution in [-0.2, 0) is 4.79 Å². The van der Waals surface area contributed by atoms with E-state index in [2.05, 4.69) is 31.3 Å². The van der Waals surface area contributed by atoms with Crippen molar-refractivity contribution < 1.29 is 20.1 Å². The summed E-state index contributed by atoms with van der Waals surface area (Å²) in [6, 6.07) is -0.810. The lowest BCUT2D eigenvalue weighted by atomic mass is 9.99. The van der Waals surface area contributed by atoms with Gasteiger partial charge in [-0.15, -0.1) is 0 Å². The lowest BCUT2D eigenvalue weighted by Crippen LogP contribution is -2.50. The number of rotatable bonds is 37. The Hall–Kier alpha value is -0.910. The summed E-state index contributed by atoms with van der Waals surface area (Å²) >= 11 is 0. The first-order chi connectivity index (χ1) is 22.6. The predicted octanol–water partition coefficient (Wildman–Crippen LogP) is 11.3. The van der Waals surface area contributed by atoms with E-state index in [4.69, 9.17) is 0 Å². The van der Waals surface area contributed by atoms with Crippen molar-refractivity contribution in [1.82, 2.24) is 5.32 Å². The highest BCUT2D eigenvalue weighted by atomic mass is 16.3. The number of allylic oxidation sites excluding steroid dienone is 2. The first-order valence-electron chi connectivity index (χ1n) is 20.5. The van der Waals surface area contributed by atoms with Gasteiger partial charge in [-0.1, -0.05) is 187 Å². The van der Waals surface area contributed by atoms with Crippen molar-refractivity contribution in [3.8, 4) is 0 Å². The highest BCUT2D eigenvalue weighted by Crippen LogP contribution is 2.16. The number of aliphatic hydroxyl groups is 3. The minimum atomic E-state index is -1.14. The largest absolute Gasteiger partial charge is 0.394 e. The maximum absolute atomic E-state index is 12.4. The van der Waals surface area contributed by atoms with Gasteiger partial charge in [0.1, 0.15) is 6.10 Å². The van der Waals surface area contributed by atoms with Crippen molar-refractivity contribution in [2.75, 3.05) is 6.61 Å². The number of nitrogens with one attached hydrogen (secondary N) is 1. The van der Waals surface area contributed by atoms with Gasteiger partial charge < -0.3 is 20.6 Å². The third-order valence-electron chi connectivity index (χ3n) is 9.62. The number of unbranched alkanes of at least 4 members (excludes halogenated alkanes) is 27. The van der Waals surface area contributed by atoms with E-state index in [-0.39, 0.29) is 12.5 Å². The van der Waals surface area contributed by atoms with Gasteiger partial charge in [-0.25, -0.2) is 0 Å². The number of carbonyl (C=O) groups is 1. The summed E-state index contributed by atoms with van der Waals surface area (Å²) < 4.78 is 0. The van der Waals surface area contributed by atoms with Gasteiger partial charge >= 0.3 is 0 Å². The fourth-order valence-corrected chi connectivity index (χ4v) is 6.39. The first-order valence-corrected chi connectivity index (χ1v) is 20.5. The van der Waals surface area contributed by atoms with Gasteiger partial charge in [0.15, 0.2) is 0 Å². The van der Waals surface area contributed by atoms with Crippen LogP contribution in [-0.4, -0.2) is 46.1 Å². The molecular weight excluding hydrogens is 570 g/mol. The van der Waals surface area contributed by atoms with Gasteiger partial charge in [0.2, 0.25) is 5.91 Å².